The molecule has 0 aromatic carbocycles. The van der Waals surface area contributed by atoms with Crippen LogP contribution < -0.4 is 11.1 Å². The second-order valence-electron chi connectivity index (χ2n) is 5.66. The number of nitrogens with one attached hydrogen (secondary N) is 1. The zero-order valence-electron chi connectivity index (χ0n) is 10.3. The summed E-state index contributed by atoms with van der Waals surface area (Å²) in [5.41, 5.74) is 7.41. The van der Waals surface area contributed by atoms with Crippen LogP contribution >= 0.6 is 0 Å². The van der Waals surface area contributed by atoms with Crippen LogP contribution in [0.25, 0.3) is 0 Å². The van der Waals surface area contributed by atoms with Crippen LogP contribution in [0.2, 0.25) is 0 Å². The molecule has 3 nitrogen and oxygen atoms in total. The molecule has 2 aliphatic rings. The highest BCUT2D eigenvalue weighted by molar-refractivity contribution is 5.78. The first kappa shape index (κ1) is 11.5. The number of fused-ring (bicyclic) bond motifs is 2. The minimum atomic E-state index is 0.500. The maximum atomic E-state index is 5.83. The van der Waals surface area contributed by atoms with Gasteiger partial charge in [0.1, 0.15) is 0 Å². The van der Waals surface area contributed by atoms with Gasteiger partial charge in [0.15, 0.2) is 5.96 Å². The second kappa shape index (κ2) is 4.48. The molecule has 3 heteroatoms. The largest absolute Gasteiger partial charge is 0.370 e. The predicted octanol–water partition coefficient (Wildman–Crippen LogP) is 2.05. The summed E-state index contributed by atoms with van der Waals surface area (Å²) >= 11 is 0. The molecular weight excluding hydrogens is 198 g/mol. The molecule has 3 N–H and O–H groups in total. The summed E-state index contributed by atoms with van der Waals surface area (Å²) in [6, 6.07) is 0. The fourth-order valence-corrected chi connectivity index (χ4v) is 3.08. The second-order valence-corrected chi connectivity index (χ2v) is 5.66. The van der Waals surface area contributed by atoms with Gasteiger partial charge in [-0.25, -0.2) is 0 Å². The average Bonchev–Trinajstić information content (AvgIpc) is 2.84. The third-order valence-electron chi connectivity index (χ3n) is 4.04. The van der Waals surface area contributed by atoms with E-state index in [2.05, 4.69) is 16.9 Å². The van der Waals surface area contributed by atoms with Crippen LogP contribution in [0.4, 0.5) is 0 Å². The van der Waals surface area contributed by atoms with E-state index in [1.807, 2.05) is 6.92 Å². The first-order valence-corrected chi connectivity index (χ1v) is 6.28. The summed E-state index contributed by atoms with van der Waals surface area (Å²) in [6.45, 7) is 7.45. The molecule has 0 saturated heterocycles. The zero-order valence-corrected chi connectivity index (χ0v) is 10.3. The molecule has 0 heterocycles. The van der Waals surface area contributed by atoms with Gasteiger partial charge < -0.3 is 11.1 Å². The van der Waals surface area contributed by atoms with Gasteiger partial charge in [-0.05, 0) is 50.4 Å². The number of hydrogen-bond acceptors (Lipinski definition) is 1. The first-order chi connectivity index (χ1) is 7.60. The number of guanidine groups is 1. The minimum Gasteiger partial charge on any atom is -0.370 e. The van der Waals surface area contributed by atoms with Gasteiger partial charge in [-0.3, -0.25) is 4.99 Å². The number of aliphatic imine (C=N–C) groups is 1. The highest BCUT2D eigenvalue weighted by Crippen LogP contribution is 2.54. The van der Waals surface area contributed by atoms with E-state index in [-0.39, 0.29) is 0 Å². The summed E-state index contributed by atoms with van der Waals surface area (Å²) < 4.78 is 0. The topological polar surface area (TPSA) is 50.4 Å². The quantitative estimate of drug-likeness (QED) is 0.433. The third kappa shape index (κ3) is 2.57. The molecule has 0 aromatic rings. The van der Waals surface area contributed by atoms with Crippen molar-refractivity contribution in [2.75, 3.05) is 13.1 Å². The Balaban J connectivity index is 1.81. The Morgan fingerprint density at radius 3 is 2.69 bits per heavy atom. The number of rotatable bonds is 4. The molecule has 2 saturated carbocycles. The number of nitrogens with two attached hydrogens (primary N) is 1. The van der Waals surface area contributed by atoms with E-state index in [9.17, 15) is 0 Å². The third-order valence-corrected chi connectivity index (χ3v) is 4.04. The summed E-state index contributed by atoms with van der Waals surface area (Å²) in [5.74, 6) is 1.56. The summed E-state index contributed by atoms with van der Waals surface area (Å²) in [7, 11) is 0. The van der Waals surface area contributed by atoms with E-state index in [0.29, 0.717) is 11.4 Å². The number of hydrogen-bond donors (Lipinski definition) is 2. The van der Waals surface area contributed by atoms with Crippen molar-refractivity contribution in [1.29, 1.82) is 0 Å². The summed E-state index contributed by atoms with van der Waals surface area (Å²) in [6.07, 6.45) is 6.91. The SMILES string of the molecule is C=C(C)CNC(N)=NCC12CCC(CC1)C2. The van der Waals surface area contributed by atoms with Crippen LogP contribution in [0.5, 0.6) is 0 Å². The molecule has 2 rings (SSSR count). The Bertz CT molecular complexity index is 298. The van der Waals surface area contributed by atoms with Crippen LogP contribution in [-0.2, 0) is 0 Å². The maximum Gasteiger partial charge on any atom is 0.188 e. The van der Waals surface area contributed by atoms with Gasteiger partial charge in [-0.15, -0.1) is 0 Å². The fourth-order valence-electron chi connectivity index (χ4n) is 3.08. The van der Waals surface area contributed by atoms with Crippen molar-refractivity contribution in [3.63, 3.8) is 0 Å². The van der Waals surface area contributed by atoms with Crippen LogP contribution in [0.15, 0.2) is 17.1 Å². The predicted molar refractivity (Wildman–Crippen MR) is 68.3 cm³/mol. The zero-order chi connectivity index (χ0) is 11.6. The normalized spacial score (nSPS) is 33.1. The highest BCUT2D eigenvalue weighted by atomic mass is 15.1. The molecule has 0 radical (unpaired) electrons. The molecule has 16 heavy (non-hydrogen) atoms. The van der Waals surface area contributed by atoms with Crippen molar-refractivity contribution >= 4 is 5.96 Å². The molecular formula is C13H23N3. The average molecular weight is 221 g/mol. The smallest absolute Gasteiger partial charge is 0.188 e. The Labute approximate surface area is 98.2 Å². The van der Waals surface area contributed by atoms with Crippen molar-refractivity contribution in [2.45, 2.75) is 39.0 Å². The Morgan fingerprint density at radius 1 is 1.50 bits per heavy atom. The molecule has 0 aromatic heterocycles. The maximum absolute atomic E-state index is 5.83. The molecule has 0 unspecified atom stereocenters. The summed E-state index contributed by atoms with van der Waals surface area (Å²) in [5, 5.41) is 3.09. The fraction of sp³-hybridized carbons (Fsp3) is 0.769. The van der Waals surface area contributed by atoms with E-state index >= 15 is 0 Å². The number of nitrogens with zero attached hydrogens (tertiary/aromatic N) is 1. The standard InChI is InChI=1S/C13H23N3/c1-10(2)8-15-12(14)16-9-13-5-3-11(7-13)4-6-13/h11H,1,3-9H2,2H3,(H3,14,15,16). The van der Waals surface area contributed by atoms with E-state index in [0.717, 1.165) is 24.6 Å². The molecule has 2 aliphatic carbocycles. The van der Waals surface area contributed by atoms with E-state index < -0.39 is 0 Å². The van der Waals surface area contributed by atoms with E-state index in [1.54, 1.807) is 0 Å². The van der Waals surface area contributed by atoms with E-state index in [4.69, 9.17) is 5.73 Å². The minimum absolute atomic E-state index is 0.500. The Kier molecular flexibility index (Phi) is 3.22. The van der Waals surface area contributed by atoms with Crippen LogP contribution in [0.3, 0.4) is 0 Å². The van der Waals surface area contributed by atoms with Gasteiger partial charge in [-0.2, -0.15) is 0 Å². The summed E-state index contributed by atoms with van der Waals surface area (Å²) in [4.78, 5) is 4.49. The Hall–Kier alpha value is -0.990. The van der Waals surface area contributed by atoms with Crippen LogP contribution in [0, 0.1) is 11.3 Å². The molecule has 2 bridgehead atoms. The highest BCUT2D eigenvalue weighted by Gasteiger charge is 2.44. The molecule has 2 fully saturated rings. The van der Waals surface area contributed by atoms with E-state index in [1.165, 1.54) is 32.1 Å². The van der Waals surface area contributed by atoms with Gasteiger partial charge >= 0.3 is 0 Å². The molecule has 0 atom stereocenters. The van der Waals surface area contributed by atoms with Gasteiger partial charge in [0.25, 0.3) is 0 Å². The van der Waals surface area contributed by atoms with Gasteiger partial charge in [0.2, 0.25) is 0 Å². The van der Waals surface area contributed by atoms with Gasteiger partial charge in [0, 0.05) is 13.1 Å². The lowest BCUT2D eigenvalue weighted by molar-refractivity contribution is 0.307. The molecule has 90 valence electrons. The Morgan fingerprint density at radius 2 is 2.19 bits per heavy atom. The molecule has 0 spiro atoms. The lowest BCUT2D eigenvalue weighted by Crippen LogP contribution is -2.34. The lowest BCUT2D eigenvalue weighted by atomic mass is 9.84. The van der Waals surface area contributed by atoms with Crippen LogP contribution in [-0.4, -0.2) is 19.0 Å². The molecule has 0 amide bonds. The van der Waals surface area contributed by atoms with Crippen molar-refractivity contribution in [1.82, 2.24) is 5.32 Å². The monoisotopic (exact) mass is 221 g/mol. The van der Waals surface area contributed by atoms with Crippen LogP contribution in [0.1, 0.15) is 39.0 Å². The van der Waals surface area contributed by atoms with Gasteiger partial charge in [-0.1, -0.05) is 12.2 Å². The van der Waals surface area contributed by atoms with Gasteiger partial charge in [0.05, 0.1) is 0 Å². The van der Waals surface area contributed by atoms with Crippen molar-refractivity contribution < 1.29 is 0 Å². The van der Waals surface area contributed by atoms with Crippen molar-refractivity contribution in [3.05, 3.63) is 12.2 Å². The lowest BCUT2D eigenvalue weighted by Gasteiger charge is -2.24. The van der Waals surface area contributed by atoms with Crippen molar-refractivity contribution in [3.8, 4) is 0 Å². The molecule has 0 aliphatic heterocycles. The first-order valence-electron chi connectivity index (χ1n) is 6.28. The van der Waals surface area contributed by atoms with Crippen molar-refractivity contribution in [2.24, 2.45) is 22.1 Å².